The third-order valence-corrected chi connectivity index (χ3v) is 2.25. The third kappa shape index (κ3) is 3.22. The maximum Gasteiger partial charge on any atom is 0.168 e. The van der Waals surface area contributed by atoms with Crippen molar-refractivity contribution in [2.45, 2.75) is 6.92 Å². The summed E-state index contributed by atoms with van der Waals surface area (Å²) >= 11 is 5.62. The highest BCUT2D eigenvalue weighted by Gasteiger charge is 1.97. The van der Waals surface area contributed by atoms with Crippen molar-refractivity contribution in [2.24, 2.45) is 5.10 Å². The molecular weight excluding hydrogens is 238 g/mol. The Morgan fingerprint density at radius 1 is 1.29 bits per heavy atom. The smallest absolute Gasteiger partial charge is 0.168 e. The van der Waals surface area contributed by atoms with Crippen LogP contribution in [0.3, 0.4) is 0 Å². The summed E-state index contributed by atoms with van der Waals surface area (Å²) in [6.07, 6.45) is 3.46. The highest BCUT2D eigenvalue weighted by atomic mass is 35.5. The van der Waals surface area contributed by atoms with Crippen LogP contribution in [0.2, 0.25) is 5.15 Å². The average molecular weight is 248 g/mol. The first-order valence-corrected chi connectivity index (χ1v) is 5.33. The fourth-order valence-electron chi connectivity index (χ4n) is 1.16. The number of nitrogens with zero attached hydrogens (tertiary/aromatic N) is 4. The minimum absolute atomic E-state index is 0.350. The molecule has 2 aromatic rings. The second-order valence-electron chi connectivity index (χ2n) is 3.29. The van der Waals surface area contributed by atoms with Crippen LogP contribution in [0, 0.1) is 0 Å². The van der Waals surface area contributed by atoms with Gasteiger partial charge in [0.2, 0.25) is 0 Å². The molecule has 17 heavy (non-hydrogen) atoms. The number of hydrazone groups is 1. The number of nitrogens with one attached hydrogen (secondary N) is 1. The molecule has 2 rings (SSSR count). The van der Waals surface area contributed by atoms with Gasteiger partial charge in [-0.05, 0) is 25.1 Å². The van der Waals surface area contributed by atoms with Crippen LogP contribution in [0.1, 0.15) is 12.5 Å². The SMILES string of the molecule is C/C(=N/Nc1ccc(Cl)nn1)c1cccnc1. The first kappa shape index (κ1) is 11.5. The number of anilines is 1. The van der Waals surface area contributed by atoms with Crippen LogP contribution in [0.5, 0.6) is 0 Å². The van der Waals surface area contributed by atoms with Gasteiger partial charge >= 0.3 is 0 Å². The second-order valence-corrected chi connectivity index (χ2v) is 3.68. The van der Waals surface area contributed by atoms with Gasteiger partial charge in [0.05, 0.1) is 5.71 Å². The van der Waals surface area contributed by atoms with Crippen molar-refractivity contribution in [2.75, 3.05) is 5.43 Å². The van der Waals surface area contributed by atoms with E-state index >= 15 is 0 Å². The van der Waals surface area contributed by atoms with Crippen molar-refractivity contribution in [3.05, 3.63) is 47.4 Å². The van der Waals surface area contributed by atoms with Gasteiger partial charge in [-0.15, -0.1) is 10.2 Å². The van der Waals surface area contributed by atoms with Gasteiger partial charge in [0.25, 0.3) is 0 Å². The van der Waals surface area contributed by atoms with Gasteiger partial charge in [-0.1, -0.05) is 17.7 Å². The molecule has 0 saturated carbocycles. The highest BCUT2D eigenvalue weighted by Crippen LogP contribution is 2.06. The molecule has 1 N–H and O–H groups in total. The van der Waals surface area contributed by atoms with E-state index in [1.807, 2.05) is 19.1 Å². The van der Waals surface area contributed by atoms with Gasteiger partial charge < -0.3 is 0 Å². The lowest BCUT2D eigenvalue weighted by atomic mass is 10.2. The maximum atomic E-state index is 5.62. The van der Waals surface area contributed by atoms with E-state index in [2.05, 4.69) is 25.7 Å². The predicted octanol–water partition coefficient (Wildman–Crippen LogP) is 2.36. The van der Waals surface area contributed by atoms with Crippen LogP contribution in [-0.4, -0.2) is 20.9 Å². The lowest BCUT2D eigenvalue weighted by Gasteiger charge is -2.01. The molecular formula is C11H10ClN5. The molecule has 2 aromatic heterocycles. The fourth-order valence-corrected chi connectivity index (χ4v) is 1.26. The summed E-state index contributed by atoms with van der Waals surface area (Å²) in [6, 6.07) is 7.14. The lowest BCUT2D eigenvalue weighted by Crippen LogP contribution is -2.01. The standard InChI is InChI=1S/C11H10ClN5/c1-8(9-3-2-6-13-7-9)14-16-11-5-4-10(12)15-17-11/h2-7H,1H3,(H,16,17)/b14-8-. The molecule has 0 unspecified atom stereocenters. The summed E-state index contributed by atoms with van der Waals surface area (Å²) in [5.41, 5.74) is 4.56. The number of pyridine rings is 1. The Labute approximate surface area is 104 Å². The molecule has 0 radical (unpaired) electrons. The van der Waals surface area contributed by atoms with Crippen molar-refractivity contribution in [1.29, 1.82) is 0 Å². The normalized spacial score (nSPS) is 11.3. The van der Waals surface area contributed by atoms with E-state index in [9.17, 15) is 0 Å². The van der Waals surface area contributed by atoms with E-state index in [4.69, 9.17) is 11.6 Å². The molecule has 0 bridgehead atoms. The average Bonchev–Trinajstić information content (AvgIpc) is 2.39. The Kier molecular flexibility index (Phi) is 3.62. The van der Waals surface area contributed by atoms with Gasteiger partial charge in [0.1, 0.15) is 0 Å². The zero-order valence-corrected chi connectivity index (χ0v) is 9.89. The Morgan fingerprint density at radius 3 is 2.82 bits per heavy atom. The van der Waals surface area contributed by atoms with Crippen LogP contribution in [0.25, 0.3) is 0 Å². The van der Waals surface area contributed by atoms with Crippen LogP contribution < -0.4 is 5.43 Å². The number of rotatable bonds is 3. The maximum absolute atomic E-state index is 5.62. The summed E-state index contributed by atoms with van der Waals surface area (Å²) in [7, 11) is 0. The van der Waals surface area contributed by atoms with Crippen molar-refractivity contribution in [3.63, 3.8) is 0 Å². The Morgan fingerprint density at radius 2 is 2.18 bits per heavy atom. The number of hydrogen-bond acceptors (Lipinski definition) is 5. The van der Waals surface area contributed by atoms with Gasteiger partial charge in [-0.2, -0.15) is 5.10 Å². The topological polar surface area (TPSA) is 63.1 Å². The molecule has 0 atom stereocenters. The minimum atomic E-state index is 0.350. The van der Waals surface area contributed by atoms with Crippen LogP contribution in [0.15, 0.2) is 41.8 Å². The van der Waals surface area contributed by atoms with Gasteiger partial charge in [0, 0.05) is 18.0 Å². The molecule has 0 aliphatic heterocycles. The van der Waals surface area contributed by atoms with E-state index in [1.54, 1.807) is 24.5 Å². The summed E-state index contributed by atoms with van der Waals surface area (Å²) < 4.78 is 0. The van der Waals surface area contributed by atoms with Gasteiger partial charge in [-0.25, -0.2) is 0 Å². The highest BCUT2D eigenvalue weighted by molar-refractivity contribution is 6.29. The van der Waals surface area contributed by atoms with Crippen molar-refractivity contribution >= 4 is 23.1 Å². The minimum Gasteiger partial charge on any atom is -0.264 e. The number of aromatic nitrogens is 3. The number of halogens is 1. The monoisotopic (exact) mass is 247 g/mol. The van der Waals surface area contributed by atoms with Crippen LogP contribution in [-0.2, 0) is 0 Å². The van der Waals surface area contributed by atoms with Gasteiger partial charge in [-0.3, -0.25) is 10.4 Å². The largest absolute Gasteiger partial charge is 0.264 e. The second kappa shape index (κ2) is 5.36. The van der Waals surface area contributed by atoms with Crippen LogP contribution in [0.4, 0.5) is 5.82 Å². The van der Waals surface area contributed by atoms with Crippen molar-refractivity contribution in [3.8, 4) is 0 Å². The van der Waals surface area contributed by atoms with Crippen molar-refractivity contribution in [1.82, 2.24) is 15.2 Å². The van der Waals surface area contributed by atoms with Crippen LogP contribution >= 0.6 is 11.6 Å². The predicted molar refractivity (Wildman–Crippen MR) is 67.1 cm³/mol. The number of hydrogen-bond donors (Lipinski definition) is 1. The van der Waals surface area contributed by atoms with E-state index in [0.717, 1.165) is 11.3 Å². The Balaban J connectivity index is 2.08. The molecule has 0 aromatic carbocycles. The molecule has 0 saturated heterocycles. The molecule has 0 aliphatic rings. The first-order chi connectivity index (χ1) is 8.25. The zero-order chi connectivity index (χ0) is 12.1. The van der Waals surface area contributed by atoms with Crippen molar-refractivity contribution < 1.29 is 0 Å². The molecule has 0 aliphatic carbocycles. The zero-order valence-electron chi connectivity index (χ0n) is 9.13. The molecule has 0 amide bonds. The molecule has 0 spiro atoms. The molecule has 2 heterocycles. The fraction of sp³-hybridized carbons (Fsp3) is 0.0909. The molecule has 86 valence electrons. The summed E-state index contributed by atoms with van der Waals surface area (Å²) in [6.45, 7) is 1.88. The van der Waals surface area contributed by atoms with E-state index in [1.165, 1.54) is 0 Å². The molecule has 5 nitrogen and oxygen atoms in total. The van der Waals surface area contributed by atoms with E-state index in [-0.39, 0.29) is 0 Å². The quantitative estimate of drug-likeness (QED) is 0.668. The van der Waals surface area contributed by atoms with E-state index < -0.39 is 0 Å². The summed E-state index contributed by atoms with van der Waals surface area (Å²) in [5, 5.41) is 12.1. The Bertz CT molecular complexity index is 509. The molecule has 0 fully saturated rings. The van der Waals surface area contributed by atoms with Gasteiger partial charge in [0.15, 0.2) is 11.0 Å². The summed E-state index contributed by atoms with van der Waals surface area (Å²) in [5.74, 6) is 0.539. The first-order valence-electron chi connectivity index (χ1n) is 4.95. The van der Waals surface area contributed by atoms with E-state index in [0.29, 0.717) is 11.0 Å². The third-order valence-electron chi connectivity index (χ3n) is 2.05. The lowest BCUT2D eigenvalue weighted by molar-refractivity contribution is 1.02. The Hall–Kier alpha value is -2.01. The summed E-state index contributed by atoms with van der Waals surface area (Å²) in [4.78, 5) is 4.02. The molecule has 6 heteroatoms.